The van der Waals surface area contributed by atoms with Crippen LogP contribution in [0.3, 0.4) is 0 Å². The van der Waals surface area contributed by atoms with E-state index in [2.05, 4.69) is 5.32 Å². The lowest BCUT2D eigenvalue weighted by Gasteiger charge is -2.24. The fourth-order valence-corrected chi connectivity index (χ4v) is 3.57. The summed E-state index contributed by atoms with van der Waals surface area (Å²) in [7, 11) is 0. The first kappa shape index (κ1) is 16.5. The molecule has 1 aliphatic carbocycles. The molecule has 1 atom stereocenters. The Morgan fingerprint density at radius 1 is 1.04 bits per heavy atom. The number of carbonyl (C=O) groups excluding carboxylic acids is 2. The minimum atomic E-state index is -0.662. The molecule has 0 saturated heterocycles. The number of nitrogens with two attached hydrogens (primary N) is 1. The molecule has 4 heteroatoms. The van der Waals surface area contributed by atoms with Gasteiger partial charge in [-0.2, -0.15) is 0 Å². The van der Waals surface area contributed by atoms with Crippen molar-refractivity contribution in [3.8, 4) is 0 Å². The van der Waals surface area contributed by atoms with E-state index in [9.17, 15) is 9.59 Å². The van der Waals surface area contributed by atoms with Gasteiger partial charge in [0.05, 0.1) is 0 Å². The number of carbonyl (C=O) groups is 2. The van der Waals surface area contributed by atoms with Gasteiger partial charge in [0, 0.05) is 12.3 Å². The number of primary amides is 1. The first-order chi connectivity index (χ1) is 11.6. The lowest BCUT2D eigenvalue weighted by atomic mass is 9.88. The van der Waals surface area contributed by atoms with E-state index in [1.54, 1.807) is 0 Å². The Morgan fingerprint density at radius 3 is 2.50 bits per heavy atom. The molecule has 1 saturated carbocycles. The summed E-state index contributed by atoms with van der Waals surface area (Å²) in [6.45, 7) is 0. The summed E-state index contributed by atoms with van der Waals surface area (Å²) in [6, 6.07) is 13.4. The van der Waals surface area contributed by atoms with Crippen molar-refractivity contribution in [2.45, 2.75) is 44.6 Å². The van der Waals surface area contributed by atoms with E-state index in [1.807, 2.05) is 42.5 Å². The summed E-state index contributed by atoms with van der Waals surface area (Å²) in [4.78, 5) is 24.3. The van der Waals surface area contributed by atoms with Gasteiger partial charge in [-0.15, -0.1) is 0 Å². The van der Waals surface area contributed by atoms with Gasteiger partial charge in [0.25, 0.3) is 0 Å². The first-order valence-corrected chi connectivity index (χ1v) is 8.71. The van der Waals surface area contributed by atoms with Gasteiger partial charge in [-0.3, -0.25) is 9.59 Å². The molecule has 0 aromatic heterocycles. The molecule has 4 nitrogen and oxygen atoms in total. The highest BCUT2D eigenvalue weighted by Gasteiger charge is 2.26. The minimum absolute atomic E-state index is 0.0214. The van der Waals surface area contributed by atoms with Gasteiger partial charge in [0.1, 0.15) is 6.04 Å². The third-order valence-corrected chi connectivity index (χ3v) is 4.94. The van der Waals surface area contributed by atoms with Crippen LogP contribution in [0.2, 0.25) is 0 Å². The van der Waals surface area contributed by atoms with Crippen LogP contribution in [0.1, 0.15) is 37.7 Å². The van der Waals surface area contributed by atoms with Crippen LogP contribution in [0.4, 0.5) is 0 Å². The van der Waals surface area contributed by atoms with Crippen LogP contribution in [-0.2, 0) is 16.0 Å². The summed E-state index contributed by atoms with van der Waals surface area (Å²) in [5.74, 6) is -0.487. The lowest BCUT2D eigenvalue weighted by molar-refractivity contribution is -0.130. The van der Waals surface area contributed by atoms with Crippen LogP contribution in [0.15, 0.2) is 42.5 Å². The van der Waals surface area contributed by atoms with Crippen molar-refractivity contribution < 1.29 is 9.59 Å². The van der Waals surface area contributed by atoms with E-state index in [1.165, 1.54) is 6.42 Å². The minimum Gasteiger partial charge on any atom is -0.368 e. The maximum atomic E-state index is 12.4. The summed E-state index contributed by atoms with van der Waals surface area (Å²) in [5, 5.41) is 5.10. The zero-order chi connectivity index (χ0) is 16.9. The molecule has 0 heterocycles. The maximum absolute atomic E-state index is 12.4. The van der Waals surface area contributed by atoms with Crippen LogP contribution < -0.4 is 11.1 Å². The predicted octanol–water partition coefficient (Wildman–Crippen LogP) is 2.93. The van der Waals surface area contributed by atoms with Crippen molar-refractivity contribution >= 4 is 22.6 Å². The Kier molecular flexibility index (Phi) is 5.14. The molecular formula is C20H24N2O2. The molecule has 3 N–H and O–H groups in total. The molecule has 3 rings (SSSR count). The van der Waals surface area contributed by atoms with Gasteiger partial charge in [-0.05, 0) is 29.2 Å². The smallest absolute Gasteiger partial charge is 0.240 e. The molecule has 126 valence electrons. The molecule has 0 aliphatic heterocycles. The fraction of sp³-hybridized carbons (Fsp3) is 0.400. The number of benzene rings is 2. The second kappa shape index (κ2) is 7.47. The summed E-state index contributed by atoms with van der Waals surface area (Å²) >= 11 is 0. The topological polar surface area (TPSA) is 72.2 Å². The van der Waals surface area contributed by atoms with E-state index in [0.29, 0.717) is 6.42 Å². The number of rotatable bonds is 5. The summed E-state index contributed by atoms with van der Waals surface area (Å²) in [6.07, 6.45) is 5.61. The maximum Gasteiger partial charge on any atom is 0.240 e. The van der Waals surface area contributed by atoms with Gasteiger partial charge in [-0.25, -0.2) is 0 Å². The Morgan fingerprint density at radius 2 is 1.75 bits per heavy atom. The van der Waals surface area contributed by atoms with Crippen molar-refractivity contribution in [2.75, 3.05) is 0 Å². The number of fused-ring (bicyclic) bond motifs is 1. The number of hydrogen-bond donors (Lipinski definition) is 2. The molecule has 0 unspecified atom stereocenters. The fourth-order valence-electron chi connectivity index (χ4n) is 3.57. The highest BCUT2D eigenvalue weighted by atomic mass is 16.2. The molecule has 1 aliphatic rings. The number of amides is 2. The molecule has 0 radical (unpaired) electrons. The second-order valence-corrected chi connectivity index (χ2v) is 6.64. The van der Waals surface area contributed by atoms with E-state index < -0.39 is 11.9 Å². The van der Waals surface area contributed by atoms with Crippen LogP contribution in [-0.4, -0.2) is 17.9 Å². The van der Waals surface area contributed by atoms with Crippen molar-refractivity contribution in [1.82, 2.24) is 5.32 Å². The van der Waals surface area contributed by atoms with Crippen molar-refractivity contribution in [2.24, 2.45) is 11.7 Å². The predicted molar refractivity (Wildman–Crippen MR) is 95.4 cm³/mol. The molecule has 2 aromatic rings. The monoisotopic (exact) mass is 324 g/mol. The first-order valence-electron chi connectivity index (χ1n) is 8.71. The Labute approximate surface area is 142 Å². The van der Waals surface area contributed by atoms with Gasteiger partial charge in [0.2, 0.25) is 11.8 Å². The molecule has 2 aromatic carbocycles. The Balaban J connectivity index is 1.76. The molecule has 0 spiro atoms. The van der Waals surface area contributed by atoms with E-state index >= 15 is 0 Å². The third-order valence-electron chi connectivity index (χ3n) is 4.94. The van der Waals surface area contributed by atoms with Gasteiger partial charge >= 0.3 is 0 Å². The molecule has 24 heavy (non-hydrogen) atoms. The highest BCUT2D eigenvalue weighted by molar-refractivity contribution is 5.90. The zero-order valence-electron chi connectivity index (χ0n) is 13.8. The van der Waals surface area contributed by atoms with E-state index in [0.717, 1.165) is 42.0 Å². The van der Waals surface area contributed by atoms with Crippen LogP contribution in [0, 0.1) is 5.92 Å². The second-order valence-electron chi connectivity index (χ2n) is 6.64. The number of hydrogen-bond acceptors (Lipinski definition) is 2. The summed E-state index contributed by atoms with van der Waals surface area (Å²) < 4.78 is 0. The molecular weight excluding hydrogens is 300 g/mol. The largest absolute Gasteiger partial charge is 0.368 e. The van der Waals surface area contributed by atoms with Crippen LogP contribution >= 0.6 is 0 Å². The molecule has 0 bridgehead atoms. The highest BCUT2D eigenvalue weighted by Crippen LogP contribution is 2.24. The standard InChI is InChI=1S/C20H24N2O2/c21-19(23)18(22-20(24)15-8-2-1-3-9-15)13-16-11-6-10-14-7-4-5-12-17(14)16/h4-7,10-12,15,18H,1-3,8-9,13H2,(H2,21,23)(H,22,24)/t18-/m1/s1. The average molecular weight is 324 g/mol. The van der Waals surface area contributed by atoms with Gasteiger partial charge in [0.15, 0.2) is 0 Å². The molecule has 1 fully saturated rings. The zero-order valence-corrected chi connectivity index (χ0v) is 13.8. The average Bonchev–Trinajstić information content (AvgIpc) is 2.62. The van der Waals surface area contributed by atoms with Crippen molar-refractivity contribution in [3.63, 3.8) is 0 Å². The number of nitrogens with one attached hydrogen (secondary N) is 1. The normalized spacial score (nSPS) is 16.7. The summed E-state index contributed by atoms with van der Waals surface area (Å²) in [5.41, 5.74) is 6.58. The van der Waals surface area contributed by atoms with Gasteiger partial charge in [-0.1, -0.05) is 61.7 Å². The lowest BCUT2D eigenvalue weighted by Crippen LogP contribution is -2.48. The van der Waals surface area contributed by atoms with Crippen LogP contribution in [0.25, 0.3) is 10.8 Å². The molecule has 2 amide bonds. The van der Waals surface area contributed by atoms with Crippen LogP contribution in [0.5, 0.6) is 0 Å². The Hall–Kier alpha value is -2.36. The van der Waals surface area contributed by atoms with Gasteiger partial charge < -0.3 is 11.1 Å². The Bertz CT molecular complexity index is 730. The van der Waals surface area contributed by atoms with Crippen molar-refractivity contribution in [3.05, 3.63) is 48.0 Å². The van der Waals surface area contributed by atoms with Crippen molar-refractivity contribution in [1.29, 1.82) is 0 Å². The van der Waals surface area contributed by atoms with E-state index in [-0.39, 0.29) is 11.8 Å². The van der Waals surface area contributed by atoms with E-state index in [4.69, 9.17) is 5.73 Å². The third kappa shape index (κ3) is 3.75. The SMILES string of the molecule is NC(=O)[C@@H](Cc1cccc2ccccc12)NC(=O)C1CCCCC1. The quantitative estimate of drug-likeness (QED) is 0.887.